The van der Waals surface area contributed by atoms with Crippen molar-refractivity contribution in [1.29, 1.82) is 0 Å². The van der Waals surface area contributed by atoms with E-state index in [2.05, 4.69) is 0 Å². The van der Waals surface area contributed by atoms with Crippen molar-refractivity contribution < 1.29 is 4.79 Å². The second kappa shape index (κ2) is 3.61. The van der Waals surface area contributed by atoms with Crippen molar-refractivity contribution in [2.75, 3.05) is 0 Å². The first-order valence-electron chi connectivity index (χ1n) is 2.93. The third-order valence-electron chi connectivity index (χ3n) is 1.46. The largest absolute Gasteiger partial charge is 0.322 e. The van der Waals surface area contributed by atoms with E-state index in [4.69, 9.17) is 5.73 Å². The molecule has 0 saturated carbocycles. The van der Waals surface area contributed by atoms with Crippen LogP contribution < -0.4 is 5.73 Å². The zero-order valence-electron chi connectivity index (χ0n) is 5.42. The Bertz CT molecular complexity index is 72.9. The number of aldehydes is 1. The second-order valence-electron chi connectivity index (χ2n) is 2.10. The lowest BCUT2D eigenvalue weighted by molar-refractivity contribution is -0.109. The van der Waals surface area contributed by atoms with E-state index in [-0.39, 0.29) is 6.04 Å². The molecule has 0 heterocycles. The highest BCUT2D eigenvalue weighted by atomic mass is 16.1. The summed E-state index contributed by atoms with van der Waals surface area (Å²) < 4.78 is 0. The van der Waals surface area contributed by atoms with Crippen LogP contribution in [-0.2, 0) is 4.79 Å². The van der Waals surface area contributed by atoms with E-state index in [1.165, 1.54) is 0 Å². The molecule has 0 aliphatic heterocycles. The van der Waals surface area contributed by atoms with E-state index < -0.39 is 0 Å². The van der Waals surface area contributed by atoms with Crippen LogP contribution in [0.1, 0.15) is 20.3 Å². The van der Waals surface area contributed by atoms with Gasteiger partial charge in [-0.05, 0) is 5.92 Å². The third-order valence-corrected chi connectivity index (χ3v) is 1.46. The topological polar surface area (TPSA) is 43.1 Å². The Morgan fingerprint density at radius 2 is 2.25 bits per heavy atom. The molecule has 0 aromatic heterocycles. The summed E-state index contributed by atoms with van der Waals surface area (Å²) in [5.74, 6) is 0.326. The Morgan fingerprint density at radius 1 is 1.75 bits per heavy atom. The Kier molecular flexibility index (Phi) is 3.44. The fourth-order valence-electron chi connectivity index (χ4n) is 0.406. The van der Waals surface area contributed by atoms with E-state index in [1.807, 2.05) is 13.8 Å². The van der Waals surface area contributed by atoms with Gasteiger partial charge in [-0.25, -0.2) is 0 Å². The molecule has 0 aromatic carbocycles. The minimum atomic E-state index is -0.264. The van der Waals surface area contributed by atoms with Crippen molar-refractivity contribution in [3.05, 3.63) is 0 Å². The molecule has 48 valence electrons. The first kappa shape index (κ1) is 7.63. The van der Waals surface area contributed by atoms with E-state index in [9.17, 15) is 4.79 Å². The highest BCUT2D eigenvalue weighted by Gasteiger charge is 2.07. The predicted octanol–water partition coefficient (Wildman–Crippen LogP) is 0.559. The highest BCUT2D eigenvalue weighted by Crippen LogP contribution is 2.01. The van der Waals surface area contributed by atoms with E-state index in [1.54, 1.807) is 0 Å². The molecule has 0 aliphatic carbocycles. The summed E-state index contributed by atoms with van der Waals surface area (Å²) in [6, 6.07) is -0.264. The number of nitrogens with two attached hydrogens (primary N) is 1. The summed E-state index contributed by atoms with van der Waals surface area (Å²) in [5, 5.41) is 0. The molecule has 0 aromatic rings. The second-order valence-corrected chi connectivity index (χ2v) is 2.10. The van der Waals surface area contributed by atoms with Crippen LogP contribution in [-0.4, -0.2) is 12.3 Å². The molecule has 0 radical (unpaired) electrons. The molecule has 0 aliphatic rings. The van der Waals surface area contributed by atoms with Gasteiger partial charge < -0.3 is 10.5 Å². The van der Waals surface area contributed by atoms with Crippen molar-refractivity contribution in [1.82, 2.24) is 0 Å². The number of hydrogen-bond acceptors (Lipinski definition) is 2. The fourth-order valence-corrected chi connectivity index (χ4v) is 0.406. The summed E-state index contributed by atoms with van der Waals surface area (Å²) in [5.41, 5.74) is 5.36. The van der Waals surface area contributed by atoms with Crippen molar-refractivity contribution in [2.24, 2.45) is 11.7 Å². The number of hydrogen-bond donors (Lipinski definition) is 1. The van der Waals surface area contributed by atoms with Crippen molar-refractivity contribution >= 4 is 6.29 Å². The van der Waals surface area contributed by atoms with Crippen LogP contribution in [0.4, 0.5) is 0 Å². The predicted molar refractivity (Wildman–Crippen MR) is 33.5 cm³/mol. The quantitative estimate of drug-likeness (QED) is 0.546. The molecule has 0 amide bonds. The lowest BCUT2D eigenvalue weighted by atomic mass is 10.0. The van der Waals surface area contributed by atoms with Gasteiger partial charge in [0.05, 0.1) is 6.04 Å². The lowest BCUT2D eigenvalue weighted by Crippen LogP contribution is -2.28. The summed E-state index contributed by atoms with van der Waals surface area (Å²) in [6.07, 6.45) is 1.77. The van der Waals surface area contributed by atoms with Crippen LogP contribution in [0.25, 0.3) is 0 Å². The van der Waals surface area contributed by atoms with Crippen molar-refractivity contribution in [3.63, 3.8) is 0 Å². The van der Waals surface area contributed by atoms with Gasteiger partial charge in [-0.1, -0.05) is 20.3 Å². The standard InChI is InChI=1S/C6H13NO/c1-3-5(2)6(7)4-8/h4-6H,3,7H2,1-2H3/t5?,6-/m0/s1. The maximum Gasteiger partial charge on any atom is 0.136 e. The summed E-state index contributed by atoms with van der Waals surface area (Å²) in [4.78, 5) is 9.98. The summed E-state index contributed by atoms with van der Waals surface area (Å²) in [7, 11) is 0. The van der Waals surface area contributed by atoms with Crippen LogP contribution in [0.3, 0.4) is 0 Å². The molecule has 0 rings (SSSR count). The molecular weight excluding hydrogens is 102 g/mol. The van der Waals surface area contributed by atoms with Crippen molar-refractivity contribution in [3.8, 4) is 0 Å². The molecule has 2 heteroatoms. The molecule has 2 nitrogen and oxygen atoms in total. The normalized spacial score (nSPS) is 17.4. The van der Waals surface area contributed by atoms with Gasteiger partial charge >= 0.3 is 0 Å². The maximum atomic E-state index is 9.98. The van der Waals surface area contributed by atoms with Gasteiger partial charge in [-0.3, -0.25) is 0 Å². The molecule has 0 spiro atoms. The number of carbonyl (C=O) groups excluding carboxylic acids is 1. The smallest absolute Gasteiger partial charge is 0.136 e. The molecule has 1 unspecified atom stereocenters. The van der Waals surface area contributed by atoms with Gasteiger partial charge in [0, 0.05) is 0 Å². The average Bonchev–Trinajstić information content (AvgIpc) is 1.84. The van der Waals surface area contributed by atoms with Gasteiger partial charge in [0.25, 0.3) is 0 Å². The monoisotopic (exact) mass is 115 g/mol. The van der Waals surface area contributed by atoms with Crippen LogP contribution in [0.2, 0.25) is 0 Å². The van der Waals surface area contributed by atoms with E-state index >= 15 is 0 Å². The Balaban J connectivity index is 3.44. The fraction of sp³-hybridized carbons (Fsp3) is 0.833. The minimum absolute atomic E-state index is 0.264. The zero-order chi connectivity index (χ0) is 6.57. The van der Waals surface area contributed by atoms with Gasteiger partial charge in [-0.15, -0.1) is 0 Å². The Hall–Kier alpha value is -0.370. The summed E-state index contributed by atoms with van der Waals surface area (Å²) >= 11 is 0. The molecule has 0 bridgehead atoms. The van der Waals surface area contributed by atoms with Crippen LogP contribution in [0, 0.1) is 5.92 Å². The maximum absolute atomic E-state index is 9.98. The van der Waals surface area contributed by atoms with Crippen LogP contribution in [0.15, 0.2) is 0 Å². The van der Waals surface area contributed by atoms with Crippen LogP contribution in [0.5, 0.6) is 0 Å². The summed E-state index contributed by atoms with van der Waals surface area (Å²) in [6.45, 7) is 3.99. The first-order chi connectivity index (χ1) is 3.72. The minimum Gasteiger partial charge on any atom is -0.322 e. The molecule has 2 N–H and O–H groups in total. The SMILES string of the molecule is CCC(C)[C@@H](N)C=O. The first-order valence-corrected chi connectivity index (χ1v) is 2.93. The van der Waals surface area contributed by atoms with Gasteiger partial charge in [0.1, 0.15) is 6.29 Å². The molecule has 2 atom stereocenters. The number of rotatable bonds is 3. The van der Waals surface area contributed by atoms with Crippen LogP contribution >= 0.6 is 0 Å². The van der Waals surface area contributed by atoms with Gasteiger partial charge in [0.2, 0.25) is 0 Å². The van der Waals surface area contributed by atoms with E-state index in [0.717, 1.165) is 12.7 Å². The molecular formula is C6H13NO. The molecule has 0 fully saturated rings. The van der Waals surface area contributed by atoms with Crippen molar-refractivity contribution in [2.45, 2.75) is 26.3 Å². The third kappa shape index (κ3) is 2.07. The lowest BCUT2D eigenvalue weighted by Gasteiger charge is -2.09. The average molecular weight is 115 g/mol. The van der Waals surface area contributed by atoms with Gasteiger partial charge in [0.15, 0.2) is 0 Å². The molecule has 8 heavy (non-hydrogen) atoms. The Labute approximate surface area is 50.1 Å². The Morgan fingerprint density at radius 3 is 2.38 bits per heavy atom. The van der Waals surface area contributed by atoms with Gasteiger partial charge in [-0.2, -0.15) is 0 Å². The zero-order valence-corrected chi connectivity index (χ0v) is 5.42. The highest BCUT2D eigenvalue weighted by molar-refractivity contribution is 5.57. The molecule has 0 saturated heterocycles. The van der Waals surface area contributed by atoms with E-state index in [0.29, 0.717) is 5.92 Å². The number of carbonyl (C=O) groups is 1.